The van der Waals surface area contributed by atoms with Crippen molar-refractivity contribution in [2.45, 2.75) is 6.61 Å². The summed E-state index contributed by atoms with van der Waals surface area (Å²) in [7, 11) is 1.55. The molecule has 150 valence electrons. The van der Waals surface area contributed by atoms with Gasteiger partial charge in [-0.1, -0.05) is 36.4 Å². The van der Waals surface area contributed by atoms with Crippen molar-refractivity contribution in [2.75, 3.05) is 7.11 Å². The minimum atomic E-state index is -0.572. The highest BCUT2D eigenvalue weighted by Crippen LogP contribution is 2.30. The molecule has 0 aromatic heterocycles. The summed E-state index contributed by atoms with van der Waals surface area (Å²) >= 11 is 0. The number of aliphatic imine (C=N–C) groups is 1. The standard InChI is InChI=1S/C24H18FNO4/c1-28-22-14-17(7-12-21(22)29-15-16-5-3-2-4-6-16)13-20-24(27)30-23(26-20)18-8-10-19(25)11-9-18/h2-14H,15H2,1H3. The molecule has 0 radical (unpaired) electrons. The first-order valence-electron chi connectivity index (χ1n) is 9.25. The van der Waals surface area contributed by atoms with Crippen molar-refractivity contribution in [2.24, 2.45) is 4.99 Å². The molecule has 1 heterocycles. The van der Waals surface area contributed by atoms with E-state index in [1.54, 1.807) is 31.4 Å². The predicted octanol–water partition coefficient (Wildman–Crippen LogP) is 4.76. The van der Waals surface area contributed by atoms with Gasteiger partial charge in [0.1, 0.15) is 12.4 Å². The van der Waals surface area contributed by atoms with Crippen molar-refractivity contribution in [3.8, 4) is 11.5 Å². The second-order valence-corrected chi connectivity index (χ2v) is 6.53. The van der Waals surface area contributed by atoms with Gasteiger partial charge in [-0.3, -0.25) is 0 Å². The zero-order chi connectivity index (χ0) is 20.9. The van der Waals surface area contributed by atoms with Gasteiger partial charge in [0, 0.05) is 5.56 Å². The van der Waals surface area contributed by atoms with Gasteiger partial charge in [0.05, 0.1) is 7.11 Å². The summed E-state index contributed by atoms with van der Waals surface area (Å²) in [4.78, 5) is 16.4. The highest BCUT2D eigenvalue weighted by Gasteiger charge is 2.24. The van der Waals surface area contributed by atoms with Crippen LogP contribution in [0.5, 0.6) is 11.5 Å². The third-order valence-electron chi connectivity index (χ3n) is 4.44. The smallest absolute Gasteiger partial charge is 0.363 e. The molecule has 0 aliphatic carbocycles. The van der Waals surface area contributed by atoms with Crippen LogP contribution in [-0.2, 0) is 16.1 Å². The molecule has 1 aliphatic heterocycles. The molecular weight excluding hydrogens is 385 g/mol. The number of benzene rings is 3. The second-order valence-electron chi connectivity index (χ2n) is 6.53. The zero-order valence-corrected chi connectivity index (χ0v) is 16.2. The van der Waals surface area contributed by atoms with Gasteiger partial charge in [-0.25, -0.2) is 14.2 Å². The molecule has 0 saturated carbocycles. The minimum Gasteiger partial charge on any atom is -0.493 e. The van der Waals surface area contributed by atoms with Gasteiger partial charge < -0.3 is 14.2 Å². The summed E-state index contributed by atoms with van der Waals surface area (Å²) in [6.45, 7) is 0.412. The Hall–Kier alpha value is -3.93. The first-order chi connectivity index (χ1) is 14.6. The van der Waals surface area contributed by atoms with E-state index in [0.29, 0.717) is 29.2 Å². The molecule has 0 saturated heterocycles. The SMILES string of the molecule is COc1cc(C=C2N=C(c3ccc(F)cc3)OC2=O)ccc1OCc1ccccc1. The van der Waals surface area contributed by atoms with Crippen LogP contribution in [0.2, 0.25) is 0 Å². The number of hydrogen-bond donors (Lipinski definition) is 0. The van der Waals surface area contributed by atoms with Crippen molar-refractivity contribution in [3.05, 3.63) is 101 Å². The molecule has 3 aromatic rings. The van der Waals surface area contributed by atoms with E-state index < -0.39 is 5.97 Å². The van der Waals surface area contributed by atoms with Gasteiger partial charge >= 0.3 is 5.97 Å². The van der Waals surface area contributed by atoms with Gasteiger partial charge in [0.2, 0.25) is 5.90 Å². The fourth-order valence-corrected chi connectivity index (χ4v) is 2.91. The fourth-order valence-electron chi connectivity index (χ4n) is 2.91. The number of cyclic esters (lactones) is 1. The summed E-state index contributed by atoms with van der Waals surface area (Å²) < 4.78 is 29.6. The van der Waals surface area contributed by atoms with E-state index in [2.05, 4.69) is 4.99 Å². The van der Waals surface area contributed by atoms with Crippen LogP contribution in [0.3, 0.4) is 0 Å². The average molecular weight is 403 g/mol. The first kappa shape index (κ1) is 19.4. The third-order valence-corrected chi connectivity index (χ3v) is 4.44. The van der Waals surface area contributed by atoms with E-state index in [9.17, 15) is 9.18 Å². The molecule has 0 bridgehead atoms. The quantitative estimate of drug-likeness (QED) is 0.440. The fraction of sp³-hybridized carbons (Fsp3) is 0.0833. The number of halogens is 1. The molecule has 0 fully saturated rings. The van der Waals surface area contributed by atoms with E-state index in [4.69, 9.17) is 14.2 Å². The number of esters is 1. The Kier molecular flexibility index (Phi) is 5.57. The highest BCUT2D eigenvalue weighted by atomic mass is 19.1. The summed E-state index contributed by atoms with van der Waals surface area (Å²) in [6.07, 6.45) is 1.60. The Labute approximate surface area is 173 Å². The van der Waals surface area contributed by atoms with E-state index in [1.807, 2.05) is 30.3 Å². The van der Waals surface area contributed by atoms with Crippen LogP contribution in [-0.4, -0.2) is 19.0 Å². The van der Waals surface area contributed by atoms with Crippen molar-refractivity contribution in [3.63, 3.8) is 0 Å². The molecule has 6 heteroatoms. The number of carbonyl (C=O) groups is 1. The number of rotatable bonds is 6. The molecule has 3 aromatic carbocycles. The van der Waals surface area contributed by atoms with Gasteiger partial charge in [0.15, 0.2) is 17.2 Å². The van der Waals surface area contributed by atoms with Crippen molar-refractivity contribution in [1.29, 1.82) is 0 Å². The Morgan fingerprint density at radius 1 is 1.00 bits per heavy atom. The van der Waals surface area contributed by atoms with Crippen LogP contribution < -0.4 is 9.47 Å². The second kappa shape index (κ2) is 8.61. The molecule has 0 unspecified atom stereocenters. The summed E-state index contributed by atoms with van der Waals surface area (Å²) in [5.41, 5.74) is 2.42. The highest BCUT2D eigenvalue weighted by molar-refractivity contribution is 6.12. The van der Waals surface area contributed by atoms with Gasteiger partial charge in [-0.15, -0.1) is 0 Å². The monoisotopic (exact) mass is 403 g/mol. The van der Waals surface area contributed by atoms with Crippen LogP contribution in [0.15, 0.2) is 83.5 Å². The molecule has 0 amide bonds. The molecule has 0 spiro atoms. The zero-order valence-electron chi connectivity index (χ0n) is 16.2. The Morgan fingerprint density at radius 3 is 2.50 bits per heavy atom. The number of carbonyl (C=O) groups excluding carboxylic acids is 1. The maximum absolute atomic E-state index is 13.1. The van der Waals surface area contributed by atoms with Gasteiger partial charge in [-0.05, 0) is 53.6 Å². The van der Waals surface area contributed by atoms with Crippen LogP contribution in [0.4, 0.5) is 4.39 Å². The minimum absolute atomic E-state index is 0.140. The number of hydrogen-bond acceptors (Lipinski definition) is 5. The number of nitrogens with zero attached hydrogens (tertiary/aromatic N) is 1. The topological polar surface area (TPSA) is 57.1 Å². The van der Waals surface area contributed by atoms with Gasteiger partial charge in [-0.2, -0.15) is 0 Å². The number of ether oxygens (including phenoxy) is 3. The summed E-state index contributed by atoms with van der Waals surface area (Å²) in [5.74, 6) is 0.321. The lowest BCUT2D eigenvalue weighted by Crippen LogP contribution is -2.05. The van der Waals surface area contributed by atoms with Crippen LogP contribution in [0.1, 0.15) is 16.7 Å². The Bertz CT molecular complexity index is 1120. The lowest BCUT2D eigenvalue weighted by atomic mass is 10.1. The Balaban J connectivity index is 1.54. The molecule has 5 nitrogen and oxygen atoms in total. The Morgan fingerprint density at radius 2 is 1.77 bits per heavy atom. The van der Waals surface area contributed by atoms with E-state index in [-0.39, 0.29) is 17.4 Å². The van der Waals surface area contributed by atoms with Crippen LogP contribution in [0, 0.1) is 5.82 Å². The van der Waals surface area contributed by atoms with Crippen LogP contribution in [0.25, 0.3) is 6.08 Å². The maximum atomic E-state index is 13.1. The lowest BCUT2D eigenvalue weighted by Gasteiger charge is -2.11. The van der Waals surface area contributed by atoms with Crippen LogP contribution >= 0.6 is 0 Å². The van der Waals surface area contributed by atoms with E-state index >= 15 is 0 Å². The molecule has 30 heavy (non-hydrogen) atoms. The number of methoxy groups -OCH3 is 1. The molecule has 0 N–H and O–H groups in total. The van der Waals surface area contributed by atoms with Crippen molar-refractivity contribution < 1.29 is 23.4 Å². The van der Waals surface area contributed by atoms with E-state index in [1.165, 1.54) is 24.3 Å². The third kappa shape index (κ3) is 4.38. The maximum Gasteiger partial charge on any atom is 0.363 e. The molecule has 0 atom stereocenters. The lowest BCUT2D eigenvalue weighted by molar-refractivity contribution is -0.129. The summed E-state index contributed by atoms with van der Waals surface area (Å²) in [6, 6.07) is 20.7. The first-order valence-corrected chi connectivity index (χ1v) is 9.25. The molecule has 1 aliphatic rings. The summed E-state index contributed by atoms with van der Waals surface area (Å²) in [5, 5.41) is 0. The largest absolute Gasteiger partial charge is 0.493 e. The molecular formula is C24H18FNO4. The average Bonchev–Trinajstić information content (AvgIpc) is 3.14. The predicted molar refractivity (Wildman–Crippen MR) is 111 cm³/mol. The van der Waals surface area contributed by atoms with E-state index in [0.717, 1.165) is 5.56 Å². The van der Waals surface area contributed by atoms with Crippen molar-refractivity contribution >= 4 is 17.9 Å². The van der Waals surface area contributed by atoms with Gasteiger partial charge in [0.25, 0.3) is 0 Å². The van der Waals surface area contributed by atoms with Crippen molar-refractivity contribution in [1.82, 2.24) is 0 Å². The molecule has 4 rings (SSSR count). The normalized spacial score (nSPS) is 14.4.